The van der Waals surface area contributed by atoms with E-state index < -0.39 is 18.0 Å². The Morgan fingerprint density at radius 2 is 1.70 bits per heavy atom. The molecule has 0 aliphatic carbocycles. The van der Waals surface area contributed by atoms with E-state index in [2.05, 4.69) is 10.3 Å². The lowest BCUT2D eigenvalue weighted by molar-refractivity contribution is -0.140. The summed E-state index contributed by atoms with van der Waals surface area (Å²) >= 11 is 0. The summed E-state index contributed by atoms with van der Waals surface area (Å²) in [6, 6.07) is 6.29. The van der Waals surface area contributed by atoms with Crippen molar-refractivity contribution in [3.8, 4) is 0 Å². The number of fused-ring (bicyclic) bond motifs is 1. The lowest BCUT2D eigenvalue weighted by Gasteiger charge is -2.35. The average molecular weight is 372 g/mol. The second-order valence-corrected chi connectivity index (χ2v) is 7.04. The van der Waals surface area contributed by atoms with Crippen LogP contribution in [0.5, 0.6) is 0 Å². The maximum atomic E-state index is 12.8. The average Bonchev–Trinajstić information content (AvgIpc) is 3.09. The van der Waals surface area contributed by atoms with Crippen molar-refractivity contribution < 1.29 is 19.5 Å². The third-order valence-corrected chi connectivity index (χ3v) is 4.89. The summed E-state index contributed by atoms with van der Waals surface area (Å²) in [6.07, 6.45) is 1.71. The molecule has 27 heavy (non-hydrogen) atoms. The fraction of sp³-hybridized carbons (Fsp3) is 0.421. The van der Waals surface area contributed by atoms with Gasteiger partial charge in [0.25, 0.3) is 5.91 Å². The zero-order valence-corrected chi connectivity index (χ0v) is 15.4. The van der Waals surface area contributed by atoms with E-state index in [1.54, 1.807) is 29.8 Å². The Balaban J connectivity index is 1.61. The molecule has 1 aliphatic rings. The van der Waals surface area contributed by atoms with E-state index in [0.717, 1.165) is 10.9 Å². The van der Waals surface area contributed by atoms with Crippen molar-refractivity contribution in [2.24, 2.45) is 5.92 Å². The number of piperazine rings is 1. The number of hydrogen-bond donors (Lipinski definition) is 3. The number of aromatic nitrogens is 1. The summed E-state index contributed by atoms with van der Waals surface area (Å²) in [5.74, 6) is -1.33. The molecular formula is C19H24N4O4. The topological polar surface area (TPSA) is 106 Å². The van der Waals surface area contributed by atoms with Gasteiger partial charge < -0.3 is 25.2 Å². The molecule has 3 N–H and O–H groups in total. The lowest BCUT2D eigenvalue weighted by Crippen LogP contribution is -2.56. The van der Waals surface area contributed by atoms with Gasteiger partial charge in [-0.05, 0) is 12.0 Å². The molecule has 1 fully saturated rings. The van der Waals surface area contributed by atoms with E-state index in [1.807, 2.05) is 24.3 Å². The largest absolute Gasteiger partial charge is 0.480 e. The lowest BCUT2D eigenvalue weighted by atomic mass is 10.1. The van der Waals surface area contributed by atoms with Gasteiger partial charge in [0, 0.05) is 43.3 Å². The van der Waals surface area contributed by atoms with Gasteiger partial charge in [-0.1, -0.05) is 32.0 Å². The maximum absolute atomic E-state index is 12.8. The number of amides is 3. The number of carboxylic acid groups (broad SMARTS) is 1. The second-order valence-electron chi connectivity index (χ2n) is 7.04. The number of nitrogens with one attached hydrogen (secondary N) is 2. The number of para-hydroxylation sites is 1. The number of benzene rings is 1. The molecule has 2 heterocycles. The van der Waals surface area contributed by atoms with E-state index >= 15 is 0 Å². The first-order valence-electron chi connectivity index (χ1n) is 9.02. The first-order chi connectivity index (χ1) is 12.9. The van der Waals surface area contributed by atoms with Crippen molar-refractivity contribution in [2.75, 3.05) is 26.2 Å². The molecule has 1 saturated heterocycles. The van der Waals surface area contributed by atoms with Gasteiger partial charge in [0.05, 0.1) is 5.56 Å². The molecule has 0 spiro atoms. The highest BCUT2D eigenvalue weighted by Crippen LogP contribution is 2.20. The third kappa shape index (κ3) is 3.89. The number of nitrogens with zero attached hydrogens (tertiary/aromatic N) is 2. The number of H-pyrrole nitrogens is 1. The Labute approximate surface area is 157 Å². The Morgan fingerprint density at radius 3 is 2.33 bits per heavy atom. The molecule has 1 aromatic carbocycles. The second kappa shape index (κ2) is 7.69. The number of hydrogen-bond acceptors (Lipinski definition) is 3. The quantitative estimate of drug-likeness (QED) is 0.760. The van der Waals surface area contributed by atoms with E-state index in [-0.39, 0.29) is 11.8 Å². The van der Waals surface area contributed by atoms with Crippen LogP contribution in [0.25, 0.3) is 10.9 Å². The Kier molecular flexibility index (Phi) is 5.34. The van der Waals surface area contributed by atoms with Crippen molar-refractivity contribution in [3.05, 3.63) is 36.0 Å². The van der Waals surface area contributed by atoms with Crippen LogP contribution in [0.1, 0.15) is 24.2 Å². The highest BCUT2D eigenvalue weighted by Gasteiger charge is 2.29. The van der Waals surface area contributed by atoms with E-state index in [1.165, 1.54) is 0 Å². The first kappa shape index (κ1) is 18.8. The molecule has 2 aromatic rings. The number of carbonyl (C=O) groups is 3. The summed E-state index contributed by atoms with van der Waals surface area (Å²) in [7, 11) is 0. The first-order valence-corrected chi connectivity index (χ1v) is 9.02. The van der Waals surface area contributed by atoms with Crippen molar-refractivity contribution >= 4 is 28.8 Å². The molecule has 8 heteroatoms. The van der Waals surface area contributed by atoms with Crippen LogP contribution in [-0.4, -0.2) is 70.0 Å². The highest BCUT2D eigenvalue weighted by molar-refractivity contribution is 6.06. The minimum absolute atomic E-state index is 0.0712. The predicted molar refractivity (Wildman–Crippen MR) is 101 cm³/mol. The van der Waals surface area contributed by atoms with Crippen LogP contribution < -0.4 is 5.32 Å². The molecular weight excluding hydrogens is 348 g/mol. The van der Waals surface area contributed by atoms with Gasteiger partial charge in [-0.3, -0.25) is 4.79 Å². The Hall–Kier alpha value is -3.03. The van der Waals surface area contributed by atoms with Crippen molar-refractivity contribution in [1.82, 2.24) is 20.1 Å². The van der Waals surface area contributed by atoms with Gasteiger partial charge in [0.15, 0.2) is 0 Å². The zero-order chi connectivity index (χ0) is 19.6. The SMILES string of the molecule is CC(C)[C@@H](NC(=O)N1CCN(C(=O)c2c[nH]c3ccccc23)CC1)C(=O)O. The summed E-state index contributed by atoms with van der Waals surface area (Å²) in [6.45, 7) is 5.04. The molecule has 3 amide bonds. The number of aromatic amines is 1. The normalized spacial score (nSPS) is 15.8. The summed E-state index contributed by atoms with van der Waals surface area (Å²) in [5.41, 5.74) is 1.53. The molecule has 0 radical (unpaired) electrons. The maximum Gasteiger partial charge on any atom is 0.326 e. The Bertz CT molecular complexity index is 852. The molecule has 8 nitrogen and oxygen atoms in total. The van der Waals surface area contributed by atoms with Crippen LogP contribution in [0.15, 0.2) is 30.5 Å². The molecule has 1 aliphatic heterocycles. The van der Waals surface area contributed by atoms with Gasteiger partial charge in [-0.15, -0.1) is 0 Å². The number of aliphatic carboxylic acids is 1. The van der Waals surface area contributed by atoms with Crippen LogP contribution in [-0.2, 0) is 4.79 Å². The van der Waals surface area contributed by atoms with Crippen molar-refractivity contribution in [3.63, 3.8) is 0 Å². The van der Waals surface area contributed by atoms with E-state index in [4.69, 9.17) is 0 Å². The van der Waals surface area contributed by atoms with Crippen molar-refractivity contribution in [2.45, 2.75) is 19.9 Å². The summed E-state index contributed by atoms with van der Waals surface area (Å²) < 4.78 is 0. The molecule has 0 saturated carbocycles. The predicted octanol–water partition coefficient (Wildman–Crippen LogP) is 1.74. The summed E-state index contributed by atoms with van der Waals surface area (Å²) in [4.78, 5) is 42.8. The zero-order valence-electron chi connectivity index (χ0n) is 15.4. The van der Waals surface area contributed by atoms with Gasteiger partial charge in [0.2, 0.25) is 0 Å². The molecule has 0 bridgehead atoms. The summed E-state index contributed by atoms with van der Waals surface area (Å²) in [5, 5.41) is 12.6. The van der Waals surface area contributed by atoms with Crippen molar-refractivity contribution in [1.29, 1.82) is 0 Å². The minimum atomic E-state index is -1.05. The number of urea groups is 1. The highest BCUT2D eigenvalue weighted by atomic mass is 16.4. The molecule has 144 valence electrons. The monoisotopic (exact) mass is 372 g/mol. The van der Waals surface area contributed by atoms with Gasteiger partial charge >= 0.3 is 12.0 Å². The molecule has 1 aromatic heterocycles. The molecule has 3 rings (SSSR count). The number of rotatable bonds is 4. The van der Waals surface area contributed by atoms with E-state index in [9.17, 15) is 19.5 Å². The number of carbonyl (C=O) groups excluding carboxylic acids is 2. The van der Waals surface area contributed by atoms with Crippen LogP contribution in [0.4, 0.5) is 4.79 Å². The van der Waals surface area contributed by atoms with Gasteiger partial charge in [-0.25, -0.2) is 9.59 Å². The third-order valence-electron chi connectivity index (χ3n) is 4.89. The molecule has 1 atom stereocenters. The van der Waals surface area contributed by atoms with Crippen LogP contribution in [0.3, 0.4) is 0 Å². The fourth-order valence-electron chi connectivity index (χ4n) is 3.27. The van der Waals surface area contributed by atoms with Crippen LogP contribution >= 0.6 is 0 Å². The van der Waals surface area contributed by atoms with Gasteiger partial charge in [0.1, 0.15) is 6.04 Å². The van der Waals surface area contributed by atoms with Gasteiger partial charge in [-0.2, -0.15) is 0 Å². The van der Waals surface area contributed by atoms with Crippen LogP contribution in [0, 0.1) is 5.92 Å². The minimum Gasteiger partial charge on any atom is -0.480 e. The smallest absolute Gasteiger partial charge is 0.326 e. The fourth-order valence-corrected chi connectivity index (χ4v) is 3.27. The number of carboxylic acids is 1. The molecule has 0 unspecified atom stereocenters. The standard InChI is InChI=1S/C19H24N4O4/c1-12(2)16(18(25)26)21-19(27)23-9-7-22(8-10-23)17(24)14-11-20-15-6-4-3-5-13(14)15/h3-6,11-12,16,20H,7-10H2,1-2H3,(H,21,27)(H,25,26)/t16-/m1/s1. The Morgan fingerprint density at radius 1 is 1.07 bits per heavy atom. The van der Waals surface area contributed by atoms with E-state index in [0.29, 0.717) is 31.7 Å². The van der Waals surface area contributed by atoms with Crippen LogP contribution in [0.2, 0.25) is 0 Å².